The zero-order chi connectivity index (χ0) is 6.97. The number of nitrogens with two attached hydrogens (primary N) is 1. The van der Waals surface area contributed by atoms with Gasteiger partial charge in [0.05, 0.1) is 17.4 Å². The lowest BCUT2D eigenvalue weighted by molar-refractivity contribution is 1.36. The number of nitrogen functional groups attached to an aromatic ring is 1. The van der Waals surface area contributed by atoms with Gasteiger partial charge in [-0.15, -0.1) is 0 Å². The van der Waals surface area contributed by atoms with Gasteiger partial charge in [-0.25, -0.2) is 0 Å². The van der Waals surface area contributed by atoms with E-state index in [0.29, 0.717) is 5.69 Å². The van der Waals surface area contributed by atoms with Gasteiger partial charge in [0.15, 0.2) is 0 Å². The van der Waals surface area contributed by atoms with Gasteiger partial charge in [0.1, 0.15) is 0 Å². The van der Waals surface area contributed by atoms with E-state index in [-0.39, 0.29) is 0 Å². The maximum absolute atomic E-state index is 5.61. The van der Waals surface area contributed by atoms with Gasteiger partial charge < -0.3 is 10.7 Å². The molecule has 0 aliphatic carbocycles. The molecule has 0 aromatic carbocycles. The predicted molar refractivity (Wildman–Crippen MR) is 40.5 cm³/mol. The normalized spacial score (nSPS) is 10.4. The second-order valence-electron chi connectivity index (χ2n) is 2.17. The molecule has 3 N–H and O–H groups in total. The number of rotatable bonds is 0. The summed E-state index contributed by atoms with van der Waals surface area (Å²) in [5.74, 6) is 0. The summed E-state index contributed by atoms with van der Waals surface area (Å²) in [5.41, 5.74) is 7.27. The Balaban J connectivity index is 2.95. The fraction of sp³-hybridized carbons (Fsp3) is 0. The van der Waals surface area contributed by atoms with E-state index in [2.05, 4.69) is 9.97 Å². The number of hydrogen-bond donors (Lipinski definition) is 2. The summed E-state index contributed by atoms with van der Waals surface area (Å²) in [4.78, 5) is 6.96. The number of H-pyrrole nitrogens is 1. The molecule has 0 atom stereocenters. The number of anilines is 1. The third-order valence-corrected chi connectivity index (χ3v) is 1.50. The van der Waals surface area contributed by atoms with Gasteiger partial charge in [0.2, 0.25) is 0 Å². The highest BCUT2D eigenvalue weighted by molar-refractivity contribution is 5.88. The monoisotopic (exact) mass is 133 g/mol. The summed E-state index contributed by atoms with van der Waals surface area (Å²) in [7, 11) is 0. The Bertz CT molecular complexity index is 350. The lowest BCUT2D eigenvalue weighted by Gasteiger charge is -1.91. The highest BCUT2D eigenvalue weighted by Gasteiger charge is 1.95. The molecule has 0 aliphatic heterocycles. The standard InChI is InChI=1S/C7H7N3/c8-6-4-9-3-5-1-2-10-7(5)6/h1-4,10H,8H2. The van der Waals surface area contributed by atoms with E-state index in [1.165, 1.54) is 0 Å². The van der Waals surface area contributed by atoms with Crippen molar-refractivity contribution in [3.63, 3.8) is 0 Å². The van der Waals surface area contributed by atoms with Crippen molar-refractivity contribution in [1.82, 2.24) is 9.97 Å². The van der Waals surface area contributed by atoms with Crippen LogP contribution < -0.4 is 5.73 Å². The lowest BCUT2D eigenvalue weighted by Crippen LogP contribution is -1.86. The number of aromatic nitrogens is 2. The summed E-state index contributed by atoms with van der Waals surface area (Å²) >= 11 is 0. The van der Waals surface area contributed by atoms with Crippen LogP contribution in [0.2, 0.25) is 0 Å². The number of hydrogen-bond acceptors (Lipinski definition) is 2. The average Bonchev–Trinajstić information content (AvgIpc) is 2.36. The van der Waals surface area contributed by atoms with Crippen LogP contribution in [0.4, 0.5) is 5.69 Å². The Hall–Kier alpha value is -1.51. The van der Waals surface area contributed by atoms with E-state index in [1.54, 1.807) is 12.4 Å². The highest BCUT2D eigenvalue weighted by atomic mass is 14.8. The van der Waals surface area contributed by atoms with Crippen LogP contribution in [-0.4, -0.2) is 9.97 Å². The first-order valence-electron chi connectivity index (χ1n) is 3.04. The second-order valence-corrected chi connectivity index (χ2v) is 2.17. The van der Waals surface area contributed by atoms with Crippen LogP contribution in [0.5, 0.6) is 0 Å². The molecule has 0 saturated heterocycles. The minimum Gasteiger partial charge on any atom is -0.396 e. The molecule has 0 fully saturated rings. The van der Waals surface area contributed by atoms with Crippen molar-refractivity contribution < 1.29 is 0 Å². The topological polar surface area (TPSA) is 54.7 Å². The van der Waals surface area contributed by atoms with Crippen molar-refractivity contribution >= 4 is 16.6 Å². The SMILES string of the molecule is Nc1cncc2cc[nH]c12. The van der Waals surface area contributed by atoms with Crippen LogP contribution in [0.1, 0.15) is 0 Å². The van der Waals surface area contributed by atoms with Crippen LogP contribution in [0.3, 0.4) is 0 Å². The van der Waals surface area contributed by atoms with Crippen molar-refractivity contribution in [2.45, 2.75) is 0 Å². The first-order valence-corrected chi connectivity index (χ1v) is 3.04. The molecule has 0 aliphatic rings. The summed E-state index contributed by atoms with van der Waals surface area (Å²) < 4.78 is 0. The molecule has 0 radical (unpaired) electrons. The molecule has 2 rings (SSSR count). The minimum atomic E-state index is 0.697. The third-order valence-electron chi connectivity index (χ3n) is 1.50. The molecule has 3 nitrogen and oxygen atoms in total. The van der Waals surface area contributed by atoms with E-state index in [1.807, 2.05) is 12.3 Å². The summed E-state index contributed by atoms with van der Waals surface area (Å²) in [5, 5.41) is 1.06. The van der Waals surface area contributed by atoms with Crippen LogP contribution in [0, 0.1) is 0 Å². The Morgan fingerprint density at radius 1 is 1.40 bits per heavy atom. The summed E-state index contributed by atoms with van der Waals surface area (Å²) in [6.07, 6.45) is 5.27. The molecule has 0 saturated carbocycles. The fourth-order valence-electron chi connectivity index (χ4n) is 1.00. The van der Waals surface area contributed by atoms with Crippen molar-refractivity contribution in [3.05, 3.63) is 24.7 Å². The molecule has 0 spiro atoms. The van der Waals surface area contributed by atoms with Gasteiger partial charge in [0, 0.05) is 17.8 Å². The molecular weight excluding hydrogens is 126 g/mol. The molecule has 0 unspecified atom stereocenters. The van der Waals surface area contributed by atoms with Crippen molar-refractivity contribution in [2.75, 3.05) is 5.73 Å². The average molecular weight is 133 g/mol. The largest absolute Gasteiger partial charge is 0.396 e. The zero-order valence-corrected chi connectivity index (χ0v) is 5.33. The van der Waals surface area contributed by atoms with Crippen LogP contribution in [-0.2, 0) is 0 Å². The van der Waals surface area contributed by atoms with Crippen molar-refractivity contribution in [1.29, 1.82) is 0 Å². The van der Waals surface area contributed by atoms with E-state index in [9.17, 15) is 0 Å². The van der Waals surface area contributed by atoms with Crippen LogP contribution in [0.25, 0.3) is 10.9 Å². The molecule has 2 aromatic rings. The quantitative estimate of drug-likeness (QED) is 0.566. The van der Waals surface area contributed by atoms with E-state index >= 15 is 0 Å². The number of aromatic amines is 1. The van der Waals surface area contributed by atoms with E-state index < -0.39 is 0 Å². The van der Waals surface area contributed by atoms with Crippen LogP contribution >= 0.6 is 0 Å². The Morgan fingerprint density at radius 2 is 2.30 bits per heavy atom. The zero-order valence-electron chi connectivity index (χ0n) is 5.33. The predicted octanol–water partition coefficient (Wildman–Crippen LogP) is 1.15. The maximum Gasteiger partial charge on any atom is 0.0745 e. The smallest absolute Gasteiger partial charge is 0.0745 e. The highest BCUT2D eigenvalue weighted by Crippen LogP contribution is 2.15. The number of fused-ring (bicyclic) bond motifs is 1. The van der Waals surface area contributed by atoms with Gasteiger partial charge in [-0.3, -0.25) is 4.98 Å². The first-order chi connectivity index (χ1) is 4.88. The van der Waals surface area contributed by atoms with Crippen LogP contribution in [0.15, 0.2) is 24.7 Å². The van der Waals surface area contributed by atoms with Gasteiger partial charge in [-0.2, -0.15) is 0 Å². The molecule has 10 heavy (non-hydrogen) atoms. The molecule has 50 valence electrons. The summed E-state index contributed by atoms with van der Waals surface area (Å²) in [6, 6.07) is 1.94. The second kappa shape index (κ2) is 1.73. The molecular formula is C7H7N3. The fourth-order valence-corrected chi connectivity index (χ4v) is 1.00. The Kier molecular flexibility index (Phi) is 0.917. The molecule has 0 amide bonds. The summed E-state index contributed by atoms with van der Waals surface area (Å²) in [6.45, 7) is 0. The van der Waals surface area contributed by atoms with E-state index in [0.717, 1.165) is 10.9 Å². The minimum absolute atomic E-state index is 0.697. The van der Waals surface area contributed by atoms with Crippen molar-refractivity contribution in [3.8, 4) is 0 Å². The van der Waals surface area contributed by atoms with Gasteiger partial charge in [-0.1, -0.05) is 0 Å². The Labute approximate surface area is 57.9 Å². The molecule has 2 aromatic heterocycles. The number of nitrogens with zero attached hydrogens (tertiary/aromatic N) is 1. The Morgan fingerprint density at radius 3 is 3.10 bits per heavy atom. The molecule has 0 bridgehead atoms. The number of nitrogens with one attached hydrogen (secondary N) is 1. The third kappa shape index (κ3) is 0.572. The van der Waals surface area contributed by atoms with Gasteiger partial charge >= 0.3 is 0 Å². The molecule has 2 heterocycles. The first kappa shape index (κ1) is 5.29. The maximum atomic E-state index is 5.61. The lowest BCUT2D eigenvalue weighted by atomic mass is 10.3. The number of pyridine rings is 1. The van der Waals surface area contributed by atoms with Gasteiger partial charge in [0.25, 0.3) is 0 Å². The molecule has 3 heteroatoms. The van der Waals surface area contributed by atoms with E-state index in [4.69, 9.17) is 5.73 Å². The van der Waals surface area contributed by atoms with Crippen molar-refractivity contribution in [2.24, 2.45) is 0 Å². The van der Waals surface area contributed by atoms with Gasteiger partial charge in [-0.05, 0) is 6.07 Å².